The van der Waals surface area contributed by atoms with Crippen molar-refractivity contribution in [2.45, 2.75) is 10.5 Å². The van der Waals surface area contributed by atoms with Gasteiger partial charge in [-0.25, -0.2) is 0 Å². The van der Waals surface area contributed by atoms with Crippen LogP contribution in [0.15, 0.2) is 52.5 Å². The molecule has 2 N–H and O–H groups in total. The maximum absolute atomic E-state index is 13.1. The van der Waals surface area contributed by atoms with Gasteiger partial charge in [-0.05, 0) is 40.2 Å². The Morgan fingerprint density at radius 3 is 2.91 bits per heavy atom. The molecule has 0 saturated heterocycles. The fourth-order valence-electron chi connectivity index (χ4n) is 3.06. The van der Waals surface area contributed by atoms with E-state index >= 15 is 0 Å². The number of fused-ring (bicyclic) bond motifs is 2. The third-order valence-electron chi connectivity index (χ3n) is 4.40. The number of hydrogen-bond donors (Lipinski definition) is 2. The maximum atomic E-state index is 13.1. The van der Waals surface area contributed by atoms with Crippen LogP contribution in [-0.4, -0.2) is 44.0 Å². The van der Waals surface area contributed by atoms with Crippen molar-refractivity contribution in [3.05, 3.63) is 58.6 Å². The van der Waals surface area contributed by atoms with Crippen LogP contribution in [0, 0.1) is 11.8 Å². The van der Waals surface area contributed by atoms with Crippen molar-refractivity contribution in [3.8, 4) is 11.8 Å². The highest BCUT2D eigenvalue weighted by molar-refractivity contribution is 9.10. The van der Waals surface area contributed by atoms with Crippen LogP contribution >= 0.6 is 27.7 Å². The first-order chi connectivity index (χ1) is 15.3. The van der Waals surface area contributed by atoms with Gasteiger partial charge in [0, 0.05) is 35.7 Å². The van der Waals surface area contributed by atoms with Gasteiger partial charge in [-0.1, -0.05) is 11.8 Å². The average Bonchev–Trinajstić information content (AvgIpc) is 3.35. The molecule has 4 aromatic heterocycles. The predicted octanol–water partition coefficient (Wildman–Crippen LogP) is 4.18. The quantitative estimate of drug-likeness (QED) is 0.310. The summed E-state index contributed by atoms with van der Waals surface area (Å²) >= 11 is 3.15. The molecule has 0 aliphatic heterocycles. The minimum Gasteiger partial charge on any atom is -0.371 e. The van der Waals surface area contributed by atoms with Gasteiger partial charge in [-0.15, -0.1) is 10.2 Å². The first kappa shape index (κ1) is 22.0. The molecule has 0 aliphatic carbocycles. The van der Waals surface area contributed by atoms with E-state index in [-0.39, 0.29) is 34.8 Å². The Kier molecular flexibility index (Phi) is 6.03. The van der Waals surface area contributed by atoms with Crippen LogP contribution in [0.4, 0.5) is 18.9 Å². The van der Waals surface area contributed by atoms with Crippen molar-refractivity contribution >= 4 is 50.5 Å². The molecular formula is C20H14BrF3N6OS. The highest BCUT2D eigenvalue weighted by Gasteiger charge is 2.32. The number of rotatable bonds is 4. The second-order valence-electron chi connectivity index (χ2n) is 6.46. The molecule has 4 rings (SSSR count). The number of carbonyl (C=O) groups excluding carboxylic acids is 1. The van der Waals surface area contributed by atoms with Gasteiger partial charge < -0.3 is 15.0 Å². The van der Waals surface area contributed by atoms with Crippen LogP contribution < -0.4 is 10.6 Å². The molecule has 4 heterocycles. The predicted molar refractivity (Wildman–Crippen MR) is 119 cm³/mol. The van der Waals surface area contributed by atoms with Crippen LogP contribution in [0.1, 0.15) is 15.9 Å². The first-order valence-electron chi connectivity index (χ1n) is 9.10. The number of nitrogens with zero attached hydrogens (tertiary/aromatic N) is 4. The molecule has 164 valence electrons. The molecule has 7 nitrogen and oxygen atoms in total. The van der Waals surface area contributed by atoms with E-state index in [2.05, 4.69) is 48.6 Å². The number of carbonyl (C=O) groups is 1. The molecule has 0 radical (unpaired) electrons. The second kappa shape index (κ2) is 8.76. The Balaban J connectivity index is 1.63. The highest BCUT2D eigenvalue weighted by Crippen LogP contribution is 2.40. The Morgan fingerprint density at radius 1 is 1.34 bits per heavy atom. The summed E-state index contributed by atoms with van der Waals surface area (Å²) in [6.07, 6.45) is 4.62. The topological polar surface area (TPSA) is 75.7 Å². The number of thioether (sulfide) groups is 1. The molecule has 12 heteroatoms. The normalized spacial score (nSPS) is 11.4. The number of hydrogen-bond acceptors (Lipinski definition) is 5. The zero-order valence-electron chi connectivity index (χ0n) is 16.4. The summed E-state index contributed by atoms with van der Waals surface area (Å²) in [6.45, 7) is 0.114. The van der Waals surface area contributed by atoms with Crippen LogP contribution in [0.5, 0.6) is 0 Å². The van der Waals surface area contributed by atoms with Gasteiger partial charge in [-0.2, -0.15) is 13.2 Å². The molecule has 32 heavy (non-hydrogen) atoms. The van der Waals surface area contributed by atoms with E-state index in [4.69, 9.17) is 0 Å². The lowest BCUT2D eigenvalue weighted by atomic mass is 10.2. The van der Waals surface area contributed by atoms with Gasteiger partial charge in [0.2, 0.25) is 0 Å². The van der Waals surface area contributed by atoms with E-state index in [1.165, 1.54) is 17.8 Å². The Labute approximate surface area is 192 Å². The third-order valence-corrected chi connectivity index (χ3v) is 5.91. The molecule has 0 aliphatic rings. The SMILES string of the molecule is CNC(=O)c1cc(NCC#Cc2cc3c(Br)cccn3c2SC(F)(F)F)c2nncn2c1. The van der Waals surface area contributed by atoms with E-state index in [9.17, 15) is 18.0 Å². The van der Waals surface area contributed by atoms with Gasteiger partial charge >= 0.3 is 5.51 Å². The number of alkyl halides is 3. The molecule has 0 saturated carbocycles. The van der Waals surface area contributed by atoms with Crippen LogP contribution in [0.3, 0.4) is 0 Å². The summed E-state index contributed by atoms with van der Waals surface area (Å²) in [4.78, 5) is 12.0. The van der Waals surface area contributed by atoms with Crippen molar-refractivity contribution in [2.75, 3.05) is 18.9 Å². The highest BCUT2D eigenvalue weighted by atomic mass is 79.9. The van der Waals surface area contributed by atoms with E-state index < -0.39 is 5.51 Å². The van der Waals surface area contributed by atoms with E-state index in [1.54, 1.807) is 41.1 Å². The Bertz CT molecular complexity index is 1390. The number of anilines is 1. The molecule has 0 unspecified atom stereocenters. The number of nitrogens with one attached hydrogen (secondary N) is 2. The van der Waals surface area contributed by atoms with Crippen LogP contribution in [0.2, 0.25) is 0 Å². The zero-order valence-corrected chi connectivity index (χ0v) is 18.8. The molecular weight excluding hydrogens is 509 g/mol. The molecule has 0 spiro atoms. The molecule has 0 fully saturated rings. The number of pyridine rings is 2. The molecule has 4 aromatic rings. The lowest BCUT2D eigenvalue weighted by Gasteiger charge is -2.08. The third kappa shape index (κ3) is 4.53. The van der Waals surface area contributed by atoms with Gasteiger partial charge in [0.05, 0.1) is 28.9 Å². The lowest BCUT2D eigenvalue weighted by Crippen LogP contribution is -2.18. The standard InChI is InChI=1S/C20H14BrF3N6OS/c1-25-18(31)13-8-15(17-28-27-11-29(17)10-13)26-6-2-4-12-9-16-14(21)5-3-7-30(16)19(12)32-20(22,23)24/h3,5,7-11,26H,6H2,1H3,(H,25,31). The summed E-state index contributed by atoms with van der Waals surface area (Å²) < 4.78 is 43.1. The lowest BCUT2D eigenvalue weighted by molar-refractivity contribution is -0.0329. The van der Waals surface area contributed by atoms with Crippen LogP contribution in [0.25, 0.3) is 11.2 Å². The van der Waals surface area contributed by atoms with Gasteiger partial charge in [0.15, 0.2) is 5.65 Å². The largest absolute Gasteiger partial charge is 0.447 e. The summed E-state index contributed by atoms with van der Waals surface area (Å²) in [5.41, 5.74) is -2.21. The Morgan fingerprint density at radius 2 is 2.16 bits per heavy atom. The van der Waals surface area contributed by atoms with E-state index in [0.717, 1.165) is 0 Å². The minimum absolute atomic E-state index is 0.0113. The van der Waals surface area contributed by atoms with Crippen molar-refractivity contribution in [1.29, 1.82) is 0 Å². The van der Waals surface area contributed by atoms with Crippen LogP contribution in [-0.2, 0) is 0 Å². The fourth-order valence-corrected chi connectivity index (χ4v) is 4.21. The monoisotopic (exact) mass is 522 g/mol. The number of amides is 1. The average molecular weight is 523 g/mol. The summed E-state index contributed by atoms with van der Waals surface area (Å²) in [5.74, 6) is 5.38. The maximum Gasteiger partial charge on any atom is 0.447 e. The second-order valence-corrected chi connectivity index (χ2v) is 8.37. The summed E-state index contributed by atoms with van der Waals surface area (Å²) in [6, 6.07) is 6.62. The number of aromatic nitrogens is 4. The summed E-state index contributed by atoms with van der Waals surface area (Å²) in [5, 5.41) is 13.4. The zero-order chi connectivity index (χ0) is 22.9. The van der Waals surface area contributed by atoms with E-state index in [0.29, 0.717) is 26.9 Å². The summed E-state index contributed by atoms with van der Waals surface area (Å²) in [7, 11) is 1.52. The molecule has 0 aromatic carbocycles. The molecule has 0 atom stereocenters. The van der Waals surface area contributed by atoms with Crippen molar-refractivity contribution in [3.63, 3.8) is 0 Å². The van der Waals surface area contributed by atoms with Gasteiger partial charge in [0.25, 0.3) is 5.91 Å². The fraction of sp³-hybridized carbons (Fsp3) is 0.150. The molecule has 0 bridgehead atoms. The van der Waals surface area contributed by atoms with Crippen molar-refractivity contribution < 1.29 is 18.0 Å². The minimum atomic E-state index is -4.45. The number of halogens is 4. The van der Waals surface area contributed by atoms with Crippen molar-refractivity contribution in [1.82, 2.24) is 24.3 Å². The molecule has 1 amide bonds. The Hall–Kier alpha value is -3.17. The smallest absolute Gasteiger partial charge is 0.371 e. The van der Waals surface area contributed by atoms with Gasteiger partial charge in [0.1, 0.15) is 11.4 Å². The van der Waals surface area contributed by atoms with Crippen molar-refractivity contribution in [2.24, 2.45) is 0 Å². The first-order valence-corrected chi connectivity index (χ1v) is 10.7. The van der Waals surface area contributed by atoms with E-state index in [1.807, 2.05) is 0 Å². The van der Waals surface area contributed by atoms with Gasteiger partial charge in [-0.3, -0.25) is 9.20 Å².